The summed E-state index contributed by atoms with van der Waals surface area (Å²) < 4.78 is 12.4. The van der Waals surface area contributed by atoms with Gasteiger partial charge in [-0.1, -0.05) is 45.0 Å². The summed E-state index contributed by atoms with van der Waals surface area (Å²) >= 11 is 0. The molecule has 4 rings (SSSR count). The molecule has 1 aromatic heterocycles. The lowest BCUT2D eigenvalue weighted by Crippen LogP contribution is -2.41. The molecule has 2 heterocycles. The molecule has 0 bridgehead atoms. The van der Waals surface area contributed by atoms with Crippen molar-refractivity contribution < 1.29 is 14.1 Å². The normalized spacial score (nSPS) is 16.4. The first-order valence-electron chi connectivity index (χ1n) is 12.1. The molecule has 1 saturated heterocycles. The average Bonchev–Trinajstić information content (AvgIpc) is 3.05. The maximum absolute atomic E-state index is 13.0. The van der Waals surface area contributed by atoms with Gasteiger partial charge in [-0.3, -0.25) is 9.78 Å². The molecule has 1 N–H and O–H groups in total. The van der Waals surface area contributed by atoms with Crippen molar-refractivity contribution in [2.75, 3.05) is 5.32 Å². The van der Waals surface area contributed by atoms with Gasteiger partial charge in [0.25, 0.3) is 5.91 Å². The zero-order chi connectivity index (χ0) is 26.3. The number of amides is 1. The zero-order valence-electron chi connectivity index (χ0n) is 22.0. The quantitative estimate of drug-likeness (QED) is 0.500. The summed E-state index contributed by atoms with van der Waals surface area (Å²) in [4.78, 5) is 17.4. The molecule has 7 heteroatoms. The highest BCUT2D eigenvalue weighted by Crippen LogP contribution is 2.37. The van der Waals surface area contributed by atoms with Crippen LogP contribution in [0.5, 0.6) is 0 Å². The molecule has 6 nitrogen and oxygen atoms in total. The van der Waals surface area contributed by atoms with Crippen LogP contribution in [0.15, 0.2) is 60.8 Å². The summed E-state index contributed by atoms with van der Waals surface area (Å²) in [6.07, 6.45) is 1.65. The predicted octanol–water partition coefficient (Wildman–Crippen LogP) is 5.47. The molecule has 184 valence electrons. The third-order valence-electron chi connectivity index (χ3n) is 6.91. The minimum absolute atomic E-state index is 0.167. The number of nitriles is 1. The number of carbonyl (C=O) groups is 1. The van der Waals surface area contributed by atoms with Gasteiger partial charge in [-0.25, -0.2) is 0 Å². The second-order valence-electron chi connectivity index (χ2n) is 11.2. The van der Waals surface area contributed by atoms with Crippen molar-refractivity contribution in [3.63, 3.8) is 0 Å². The lowest BCUT2D eigenvalue weighted by Gasteiger charge is -2.32. The first-order valence-corrected chi connectivity index (χ1v) is 12.1. The summed E-state index contributed by atoms with van der Waals surface area (Å²) in [5, 5.41) is 12.7. The molecule has 0 saturated carbocycles. The number of aromatic nitrogens is 1. The van der Waals surface area contributed by atoms with Crippen molar-refractivity contribution in [1.29, 1.82) is 5.26 Å². The Morgan fingerprint density at radius 3 is 2.33 bits per heavy atom. The molecule has 0 radical (unpaired) electrons. The molecule has 1 amide bonds. The van der Waals surface area contributed by atoms with Gasteiger partial charge < -0.3 is 14.6 Å². The zero-order valence-corrected chi connectivity index (χ0v) is 22.0. The molecule has 1 fully saturated rings. The number of rotatable bonds is 4. The number of anilines is 1. The van der Waals surface area contributed by atoms with Crippen LogP contribution >= 0.6 is 0 Å². The molecule has 1 aliphatic rings. The van der Waals surface area contributed by atoms with E-state index in [0.717, 1.165) is 22.3 Å². The highest BCUT2D eigenvalue weighted by molar-refractivity contribution is 6.62. The predicted molar refractivity (Wildman–Crippen MR) is 143 cm³/mol. The molecular formula is C29H32BN3O3. The Kier molecular flexibility index (Phi) is 6.55. The van der Waals surface area contributed by atoms with Gasteiger partial charge in [0.05, 0.1) is 22.8 Å². The monoisotopic (exact) mass is 481 g/mol. The Hall–Kier alpha value is -3.47. The van der Waals surface area contributed by atoms with E-state index in [-0.39, 0.29) is 11.3 Å². The number of nitrogens with one attached hydrogen (secondary N) is 1. The average molecular weight is 481 g/mol. The SMILES string of the molecule is CC(C)(C)c1cc(C(=O)Nc2ccc(C#N)c(-c3cccc(B4OC(C)(C)C(C)(C)O4)c3)c2)ccn1. The maximum Gasteiger partial charge on any atom is 0.494 e. The van der Waals surface area contributed by atoms with E-state index in [1.54, 1.807) is 24.4 Å². The van der Waals surface area contributed by atoms with Crippen molar-refractivity contribution in [1.82, 2.24) is 4.98 Å². The van der Waals surface area contributed by atoms with E-state index in [9.17, 15) is 10.1 Å². The van der Waals surface area contributed by atoms with Crippen molar-refractivity contribution in [3.8, 4) is 17.2 Å². The van der Waals surface area contributed by atoms with Gasteiger partial charge >= 0.3 is 7.12 Å². The van der Waals surface area contributed by atoms with E-state index < -0.39 is 18.3 Å². The van der Waals surface area contributed by atoms with Crippen LogP contribution in [0.3, 0.4) is 0 Å². The van der Waals surface area contributed by atoms with Gasteiger partial charge in [0.15, 0.2) is 0 Å². The molecule has 1 aliphatic heterocycles. The summed E-state index contributed by atoms with van der Waals surface area (Å²) in [7, 11) is -0.507. The number of benzene rings is 2. The first kappa shape index (κ1) is 25.6. The van der Waals surface area contributed by atoms with Gasteiger partial charge in [-0.05, 0) is 69.1 Å². The van der Waals surface area contributed by atoms with E-state index in [4.69, 9.17) is 9.31 Å². The Morgan fingerprint density at radius 2 is 1.69 bits per heavy atom. The molecule has 2 aromatic carbocycles. The van der Waals surface area contributed by atoms with Crippen molar-refractivity contribution >= 4 is 24.2 Å². The van der Waals surface area contributed by atoms with Crippen LogP contribution in [-0.2, 0) is 14.7 Å². The fraction of sp³-hybridized carbons (Fsp3) is 0.345. The molecule has 3 aromatic rings. The van der Waals surface area contributed by atoms with Crippen molar-refractivity contribution in [2.45, 2.75) is 65.1 Å². The summed E-state index contributed by atoms with van der Waals surface area (Å²) in [6, 6.07) is 18.9. The maximum atomic E-state index is 13.0. The summed E-state index contributed by atoms with van der Waals surface area (Å²) in [5.41, 5.74) is 3.86. The standard InChI is InChI=1S/C29H32BN3O3/c1-27(2,3)25-16-20(13-14-32-25)26(34)33-23-12-11-21(18-31)24(17-23)19-9-8-10-22(15-19)30-35-28(4,5)29(6,7)36-30/h8-17H,1-7H3,(H,33,34). The molecule has 0 unspecified atom stereocenters. The third-order valence-corrected chi connectivity index (χ3v) is 6.91. The third kappa shape index (κ3) is 5.06. The van der Waals surface area contributed by atoms with E-state index in [2.05, 4.69) is 37.1 Å². The van der Waals surface area contributed by atoms with E-state index in [1.807, 2.05) is 64.1 Å². The largest absolute Gasteiger partial charge is 0.494 e. The topological polar surface area (TPSA) is 84.2 Å². The number of pyridine rings is 1. The first-order chi connectivity index (χ1) is 16.8. The number of hydrogen-bond acceptors (Lipinski definition) is 5. The van der Waals surface area contributed by atoms with Crippen LogP contribution in [-0.4, -0.2) is 29.2 Å². The van der Waals surface area contributed by atoms with E-state index >= 15 is 0 Å². The Bertz CT molecular complexity index is 1340. The molecule has 0 aliphatic carbocycles. The van der Waals surface area contributed by atoms with Crippen molar-refractivity contribution in [3.05, 3.63) is 77.6 Å². The van der Waals surface area contributed by atoms with Gasteiger partial charge in [-0.15, -0.1) is 0 Å². The van der Waals surface area contributed by atoms with Crippen LogP contribution in [0.1, 0.15) is 70.1 Å². The van der Waals surface area contributed by atoms with Crippen LogP contribution in [0.4, 0.5) is 5.69 Å². The Morgan fingerprint density at radius 1 is 1.00 bits per heavy atom. The molecule has 36 heavy (non-hydrogen) atoms. The van der Waals surface area contributed by atoms with E-state index in [1.165, 1.54) is 0 Å². The van der Waals surface area contributed by atoms with Gasteiger partial charge in [0, 0.05) is 34.1 Å². The lowest BCUT2D eigenvalue weighted by molar-refractivity contribution is 0.00578. The van der Waals surface area contributed by atoms with Crippen LogP contribution in [0.25, 0.3) is 11.1 Å². The lowest BCUT2D eigenvalue weighted by atomic mass is 9.77. The number of nitrogens with zero attached hydrogens (tertiary/aromatic N) is 2. The van der Waals surface area contributed by atoms with Crippen LogP contribution in [0, 0.1) is 11.3 Å². The highest BCUT2D eigenvalue weighted by Gasteiger charge is 2.51. The smallest absolute Gasteiger partial charge is 0.399 e. The summed E-state index contributed by atoms with van der Waals surface area (Å²) in [6.45, 7) is 14.2. The van der Waals surface area contributed by atoms with Crippen molar-refractivity contribution in [2.24, 2.45) is 0 Å². The number of carbonyl (C=O) groups excluding carboxylic acids is 1. The molecule has 0 spiro atoms. The minimum atomic E-state index is -0.507. The molecule has 0 atom stereocenters. The second kappa shape index (κ2) is 9.20. The van der Waals surface area contributed by atoms with Crippen LogP contribution < -0.4 is 10.8 Å². The fourth-order valence-electron chi connectivity index (χ4n) is 3.98. The Balaban J connectivity index is 1.63. The Labute approximate surface area is 213 Å². The summed E-state index contributed by atoms with van der Waals surface area (Å²) in [5.74, 6) is -0.232. The van der Waals surface area contributed by atoms with Gasteiger partial charge in [0.1, 0.15) is 0 Å². The number of hydrogen-bond donors (Lipinski definition) is 1. The van der Waals surface area contributed by atoms with E-state index in [0.29, 0.717) is 16.8 Å². The van der Waals surface area contributed by atoms with Crippen LogP contribution in [0.2, 0.25) is 0 Å². The fourth-order valence-corrected chi connectivity index (χ4v) is 3.98. The van der Waals surface area contributed by atoms with Gasteiger partial charge in [-0.2, -0.15) is 5.26 Å². The highest BCUT2D eigenvalue weighted by atomic mass is 16.7. The molecular weight excluding hydrogens is 449 g/mol. The minimum Gasteiger partial charge on any atom is -0.399 e. The van der Waals surface area contributed by atoms with Gasteiger partial charge in [0.2, 0.25) is 0 Å². The second-order valence-corrected chi connectivity index (χ2v) is 11.2.